The normalized spacial score (nSPS) is 20.1. The van der Waals surface area contributed by atoms with Crippen LogP contribution in [-0.4, -0.2) is 47.1 Å². The summed E-state index contributed by atoms with van der Waals surface area (Å²) in [7, 11) is -1.56. The number of nitrogens with zero attached hydrogens (tertiary/aromatic N) is 3. The molecule has 0 bridgehead atoms. The van der Waals surface area contributed by atoms with Gasteiger partial charge in [0, 0.05) is 35.9 Å². The van der Waals surface area contributed by atoms with E-state index in [1.807, 2.05) is 0 Å². The van der Waals surface area contributed by atoms with Crippen LogP contribution in [0.15, 0.2) is 30.6 Å². The Bertz CT molecular complexity index is 877. The Kier molecular flexibility index (Phi) is 4.35. The Balaban J connectivity index is 1.98. The summed E-state index contributed by atoms with van der Waals surface area (Å²) in [5, 5.41) is 4.15. The SMILES string of the molecule is Cn1cc(C2CS(=O)(=O)CCN2C(=O)c2cc(F)cc(Cl)c2)cn1. The third-order valence-electron chi connectivity index (χ3n) is 3.91. The number of aryl methyl sites for hydroxylation is 1. The number of amides is 1. The molecular weight excluding hydrogens is 357 g/mol. The second kappa shape index (κ2) is 6.18. The van der Waals surface area contributed by atoms with Crippen LogP contribution in [0.4, 0.5) is 4.39 Å². The lowest BCUT2D eigenvalue weighted by Gasteiger charge is -2.35. The van der Waals surface area contributed by atoms with Crippen LogP contribution in [0, 0.1) is 5.82 Å². The van der Waals surface area contributed by atoms with Crippen molar-refractivity contribution in [3.63, 3.8) is 0 Å². The Morgan fingerprint density at radius 2 is 2.12 bits per heavy atom. The maximum atomic E-state index is 13.5. The molecule has 1 fully saturated rings. The fourth-order valence-electron chi connectivity index (χ4n) is 2.78. The lowest BCUT2D eigenvalue weighted by Crippen LogP contribution is -2.46. The van der Waals surface area contributed by atoms with E-state index in [1.165, 1.54) is 21.8 Å². The highest BCUT2D eigenvalue weighted by Crippen LogP contribution is 2.28. The summed E-state index contributed by atoms with van der Waals surface area (Å²) < 4.78 is 39.1. The summed E-state index contributed by atoms with van der Waals surface area (Å²) in [5.74, 6) is -1.39. The van der Waals surface area contributed by atoms with E-state index in [9.17, 15) is 17.6 Å². The van der Waals surface area contributed by atoms with E-state index in [0.717, 1.165) is 12.1 Å². The molecule has 1 saturated heterocycles. The minimum Gasteiger partial charge on any atom is -0.329 e. The Morgan fingerprint density at radius 3 is 2.75 bits per heavy atom. The Hall–Kier alpha value is -1.93. The molecule has 1 amide bonds. The molecule has 1 aliphatic heterocycles. The first-order valence-corrected chi connectivity index (χ1v) is 9.41. The minimum absolute atomic E-state index is 0.0366. The highest BCUT2D eigenvalue weighted by atomic mass is 35.5. The van der Waals surface area contributed by atoms with Gasteiger partial charge in [-0.3, -0.25) is 9.48 Å². The van der Waals surface area contributed by atoms with Crippen LogP contribution in [-0.2, 0) is 16.9 Å². The van der Waals surface area contributed by atoms with Crippen molar-refractivity contribution in [2.24, 2.45) is 7.05 Å². The minimum atomic E-state index is -3.27. The zero-order valence-electron chi connectivity index (χ0n) is 12.8. The molecule has 1 atom stereocenters. The van der Waals surface area contributed by atoms with Crippen molar-refractivity contribution in [1.82, 2.24) is 14.7 Å². The monoisotopic (exact) mass is 371 g/mol. The lowest BCUT2D eigenvalue weighted by molar-refractivity contribution is 0.0697. The van der Waals surface area contributed by atoms with E-state index in [4.69, 9.17) is 11.6 Å². The molecule has 2 aromatic rings. The molecule has 1 aromatic heterocycles. The van der Waals surface area contributed by atoms with Crippen molar-refractivity contribution < 1.29 is 17.6 Å². The van der Waals surface area contributed by atoms with Crippen LogP contribution < -0.4 is 0 Å². The molecule has 24 heavy (non-hydrogen) atoms. The quantitative estimate of drug-likeness (QED) is 0.807. The maximum Gasteiger partial charge on any atom is 0.254 e. The van der Waals surface area contributed by atoms with Gasteiger partial charge in [0.2, 0.25) is 0 Å². The molecule has 0 radical (unpaired) electrons. The van der Waals surface area contributed by atoms with Crippen molar-refractivity contribution in [2.75, 3.05) is 18.1 Å². The smallest absolute Gasteiger partial charge is 0.254 e. The molecule has 0 spiro atoms. The van der Waals surface area contributed by atoms with Gasteiger partial charge in [-0.1, -0.05) is 11.6 Å². The second-order valence-electron chi connectivity index (χ2n) is 5.73. The van der Waals surface area contributed by atoms with Crippen molar-refractivity contribution in [3.8, 4) is 0 Å². The van der Waals surface area contributed by atoms with Crippen LogP contribution in [0.25, 0.3) is 0 Å². The zero-order chi connectivity index (χ0) is 17.5. The maximum absolute atomic E-state index is 13.5. The fourth-order valence-corrected chi connectivity index (χ4v) is 4.50. The van der Waals surface area contributed by atoms with Crippen LogP contribution in [0.1, 0.15) is 22.0 Å². The van der Waals surface area contributed by atoms with Crippen molar-refractivity contribution in [1.29, 1.82) is 0 Å². The van der Waals surface area contributed by atoms with Crippen LogP contribution in [0.3, 0.4) is 0 Å². The molecule has 0 aliphatic carbocycles. The number of halogens is 2. The van der Waals surface area contributed by atoms with E-state index >= 15 is 0 Å². The van der Waals surface area contributed by atoms with Crippen LogP contribution in [0.2, 0.25) is 5.02 Å². The fraction of sp³-hybridized carbons (Fsp3) is 0.333. The Labute approximate surface area is 143 Å². The first-order chi connectivity index (χ1) is 11.2. The van der Waals surface area contributed by atoms with Gasteiger partial charge >= 0.3 is 0 Å². The van der Waals surface area contributed by atoms with E-state index < -0.39 is 27.6 Å². The molecule has 0 saturated carbocycles. The van der Waals surface area contributed by atoms with Gasteiger partial charge in [-0.2, -0.15) is 5.10 Å². The lowest BCUT2D eigenvalue weighted by atomic mass is 10.1. The summed E-state index contributed by atoms with van der Waals surface area (Å²) in [6.07, 6.45) is 3.20. The largest absolute Gasteiger partial charge is 0.329 e. The molecule has 1 unspecified atom stereocenters. The highest BCUT2D eigenvalue weighted by molar-refractivity contribution is 7.91. The number of aromatic nitrogens is 2. The third-order valence-corrected chi connectivity index (χ3v) is 5.76. The molecule has 6 nitrogen and oxygen atoms in total. The zero-order valence-corrected chi connectivity index (χ0v) is 14.4. The van der Waals surface area contributed by atoms with Crippen molar-refractivity contribution >= 4 is 27.3 Å². The predicted molar refractivity (Wildman–Crippen MR) is 87.0 cm³/mol. The third kappa shape index (κ3) is 3.44. The van der Waals surface area contributed by atoms with Gasteiger partial charge < -0.3 is 4.90 Å². The highest BCUT2D eigenvalue weighted by Gasteiger charge is 2.36. The van der Waals surface area contributed by atoms with Gasteiger partial charge in [0.25, 0.3) is 5.91 Å². The molecule has 3 rings (SSSR count). The number of hydrogen-bond acceptors (Lipinski definition) is 4. The van der Waals surface area contributed by atoms with Gasteiger partial charge in [-0.25, -0.2) is 12.8 Å². The van der Waals surface area contributed by atoms with Gasteiger partial charge in [-0.15, -0.1) is 0 Å². The Morgan fingerprint density at radius 1 is 1.38 bits per heavy atom. The van der Waals surface area contributed by atoms with Gasteiger partial charge in [0.15, 0.2) is 9.84 Å². The van der Waals surface area contributed by atoms with E-state index in [0.29, 0.717) is 5.56 Å². The molecule has 128 valence electrons. The van der Waals surface area contributed by atoms with E-state index in [-0.39, 0.29) is 28.6 Å². The summed E-state index contributed by atoms with van der Waals surface area (Å²) in [6, 6.07) is 2.91. The standard InChI is InChI=1S/C15H15ClFN3O3S/c1-19-8-11(7-18-19)14-9-24(22,23)3-2-20(14)15(21)10-4-12(16)6-13(17)5-10/h4-8,14H,2-3,9H2,1H3. The van der Waals surface area contributed by atoms with Gasteiger partial charge in [-0.05, 0) is 18.2 Å². The van der Waals surface area contributed by atoms with Crippen LogP contribution in [0.5, 0.6) is 0 Å². The molecule has 1 aliphatic rings. The number of hydrogen-bond donors (Lipinski definition) is 0. The first-order valence-electron chi connectivity index (χ1n) is 7.21. The number of carbonyl (C=O) groups is 1. The van der Waals surface area contributed by atoms with Crippen LogP contribution >= 0.6 is 11.6 Å². The number of rotatable bonds is 2. The summed E-state index contributed by atoms with van der Waals surface area (Å²) >= 11 is 5.82. The second-order valence-corrected chi connectivity index (χ2v) is 8.40. The van der Waals surface area contributed by atoms with Crippen molar-refractivity contribution in [2.45, 2.75) is 6.04 Å². The predicted octanol–water partition coefficient (Wildman–Crippen LogP) is 1.82. The first kappa shape index (κ1) is 16.9. The average Bonchev–Trinajstić information content (AvgIpc) is 2.91. The summed E-state index contributed by atoms with van der Waals surface area (Å²) in [4.78, 5) is 14.2. The van der Waals surface area contributed by atoms with Crippen molar-refractivity contribution in [3.05, 3.63) is 52.6 Å². The topological polar surface area (TPSA) is 72.3 Å². The summed E-state index contributed by atoms with van der Waals surface area (Å²) in [6.45, 7) is 0.0366. The molecule has 9 heteroatoms. The number of carbonyl (C=O) groups excluding carboxylic acids is 1. The van der Waals surface area contributed by atoms with E-state index in [1.54, 1.807) is 13.2 Å². The number of benzene rings is 1. The molecule has 0 N–H and O–H groups in total. The van der Waals surface area contributed by atoms with Gasteiger partial charge in [0.05, 0.1) is 23.7 Å². The molecular formula is C15H15ClFN3O3S. The van der Waals surface area contributed by atoms with E-state index in [2.05, 4.69) is 5.10 Å². The molecule has 1 aromatic carbocycles. The van der Waals surface area contributed by atoms with Gasteiger partial charge in [0.1, 0.15) is 5.82 Å². The molecule has 2 heterocycles. The number of sulfone groups is 1. The average molecular weight is 372 g/mol. The summed E-state index contributed by atoms with van der Waals surface area (Å²) in [5.41, 5.74) is 0.713.